The molecular weight excluding hydrogens is 436 g/mol. The second-order valence-corrected chi connectivity index (χ2v) is 7.96. The molecule has 0 radical (unpaired) electrons. The summed E-state index contributed by atoms with van der Waals surface area (Å²) in [6, 6.07) is 4.11. The van der Waals surface area contributed by atoms with Crippen molar-refractivity contribution in [3.63, 3.8) is 0 Å². The van der Waals surface area contributed by atoms with Gasteiger partial charge in [0.15, 0.2) is 28.3 Å². The van der Waals surface area contributed by atoms with Crippen LogP contribution in [0.5, 0.6) is 5.75 Å². The predicted octanol–water partition coefficient (Wildman–Crippen LogP) is 3.86. The van der Waals surface area contributed by atoms with Crippen LogP contribution in [0.4, 0.5) is 14.5 Å². The van der Waals surface area contributed by atoms with Crippen LogP contribution >= 0.6 is 0 Å². The largest absolute Gasteiger partial charge is 0.445 e. The molecule has 3 aromatic rings. The van der Waals surface area contributed by atoms with Gasteiger partial charge in [0, 0.05) is 61.4 Å². The van der Waals surface area contributed by atoms with E-state index in [0.717, 1.165) is 17.3 Å². The molecule has 10 heteroatoms. The van der Waals surface area contributed by atoms with Gasteiger partial charge in [0.2, 0.25) is 5.82 Å². The van der Waals surface area contributed by atoms with Crippen molar-refractivity contribution in [3.8, 4) is 17.4 Å². The van der Waals surface area contributed by atoms with Crippen LogP contribution in [0, 0.1) is 11.6 Å². The van der Waals surface area contributed by atoms with E-state index in [0.29, 0.717) is 43.1 Å². The van der Waals surface area contributed by atoms with Crippen LogP contribution < -0.4 is 9.64 Å². The Bertz CT molecular complexity index is 1190. The van der Waals surface area contributed by atoms with Gasteiger partial charge in [0.05, 0.1) is 11.7 Å². The highest BCUT2D eigenvalue weighted by atomic mass is 32.1. The second kappa shape index (κ2) is 9.47. The molecule has 1 aromatic carbocycles. The van der Waals surface area contributed by atoms with Crippen LogP contribution in [0.1, 0.15) is 44.0 Å². The first kappa shape index (κ1) is 21.9. The molecule has 4 rings (SSSR count). The van der Waals surface area contributed by atoms with Crippen LogP contribution in [0.3, 0.4) is 0 Å². The molecule has 0 spiro atoms. The van der Waals surface area contributed by atoms with Gasteiger partial charge >= 0.3 is 0 Å². The summed E-state index contributed by atoms with van der Waals surface area (Å²) < 4.78 is 45.4. The van der Waals surface area contributed by atoms with E-state index in [2.05, 4.69) is 19.9 Å². The molecule has 0 aliphatic carbocycles. The van der Waals surface area contributed by atoms with Gasteiger partial charge in [0.1, 0.15) is 11.3 Å². The Morgan fingerprint density at radius 1 is 1.22 bits per heavy atom. The van der Waals surface area contributed by atoms with Crippen molar-refractivity contribution in [2.24, 2.45) is 0 Å². The Balaban J connectivity index is 1.64. The monoisotopic (exact) mass is 457 g/mol. The van der Waals surface area contributed by atoms with Crippen molar-refractivity contribution < 1.29 is 17.7 Å². The third-order valence-electron chi connectivity index (χ3n) is 5.25. The first-order chi connectivity index (χ1) is 15.5. The number of rotatable bonds is 5. The lowest BCUT2D eigenvalue weighted by atomic mass is 9.98. The molecule has 32 heavy (non-hydrogen) atoms. The Kier molecular flexibility index (Phi) is 6.50. The summed E-state index contributed by atoms with van der Waals surface area (Å²) in [6.07, 6.45) is 6.59. The number of anilines is 1. The normalized spacial score (nSPS) is 15.2. The summed E-state index contributed by atoms with van der Waals surface area (Å²) in [7, 11) is 0. The van der Waals surface area contributed by atoms with Gasteiger partial charge in [-0.2, -0.15) is 4.39 Å². The maximum absolute atomic E-state index is 14.4. The summed E-state index contributed by atoms with van der Waals surface area (Å²) in [5.41, 5.74) is 2.21. The molecule has 0 amide bonds. The summed E-state index contributed by atoms with van der Waals surface area (Å²) in [6.45, 7) is 4.35. The maximum atomic E-state index is 14.4. The zero-order valence-corrected chi connectivity index (χ0v) is 18.4. The maximum Gasteiger partial charge on any atom is 0.201 e. The number of nitrogens with zero attached hydrogens (tertiary/aromatic N) is 5. The van der Waals surface area contributed by atoms with E-state index in [9.17, 15) is 13.0 Å². The van der Waals surface area contributed by atoms with E-state index in [4.69, 9.17) is 4.74 Å². The predicted molar refractivity (Wildman–Crippen MR) is 118 cm³/mol. The zero-order valence-electron chi connectivity index (χ0n) is 17.6. The van der Waals surface area contributed by atoms with Gasteiger partial charge in [-0.3, -0.25) is 0 Å². The Labute approximate surface area is 187 Å². The molecule has 0 N–H and O–H groups in total. The highest BCUT2D eigenvalue weighted by Gasteiger charge is 2.28. The molecule has 0 bridgehead atoms. The molecule has 0 saturated carbocycles. The fourth-order valence-electron chi connectivity index (χ4n) is 3.67. The van der Waals surface area contributed by atoms with Crippen molar-refractivity contribution in [1.29, 1.82) is 0 Å². The first-order valence-electron chi connectivity index (χ1n) is 10.2. The number of hydrogen-bond donors (Lipinski definition) is 0. The Morgan fingerprint density at radius 2 is 2.00 bits per heavy atom. The van der Waals surface area contributed by atoms with E-state index in [1.54, 1.807) is 24.7 Å². The average molecular weight is 458 g/mol. The number of benzene rings is 1. The minimum absolute atomic E-state index is 0.101. The van der Waals surface area contributed by atoms with Gasteiger partial charge in [-0.25, -0.2) is 28.5 Å². The number of fused-ring (bicyclic) bond motifs is 1. The summed E-state index contributed by atoms with van der Waals surface area (Å²) in [4.78, 5) is 19.3. The average Bonchev–Trinajstić information content (AvgIpc) is 2.82. The number of hydrogen-bond acceptors (Lipinski definition) is 7. The minimum Gasteiger partial charge on any atom is -0.445 e. The molecule has 0 saturated heterocycles. The van der Waals surface area contributed by atoms with Crippen LogP contribution in [0.25, 0.3) is 11.6 Å². The molecule has 3 heterocycles. The zero-order chi connectivity index (χ0) is 22.7. The molecule has 1 aliphatic rings. The van der Waals surface area contributed by atoms with Crippen molar-refractivity contribution in [1.82, 2.24) is 19.9 Å². The van der Waals surface area contributed by atoms with E-state index in [1.165, 1.54) is 6.07 Å². The fourth-order valence-corrected chi connectivity index (χ4v) is 4.08. The summed E-state index contributed by atoms with van der Waals surface area (Å²) >= 11 is 0.151. The van der Waals surface area contributed by atoms with Crippen LogP contribution in [-0.2, 0) is 17.7 Å². The lowest BCUT2D eigenvalue weighted by Crippen LogP contribution is -2.35. The smallest absolute Gasteiger partial charge is 0.201 e. The molecule has 1 unspecified atom stereocenters. The third kappa shape index (κ3) is 4.36. The van der Waals surface area contributed by atoms with E-state index in [1.807, 2.05) is 18.7 Å². The van der Waals surface area contributed by atoms with E-state index < -0.39 is 11.6 Å². The third-order valence-corrected chi connectivity index (χ3v) is 5.73. The quantitative estimate of drug-likeness (QED) is 0.538. The highest BCUT2D eigenvalue weighted by molar-refractivity contribution is 7.66. The first-order valence-corrected chi connectivity index (χ1v) is 11.0. The summed E-state index contributed by atoms with van der Waals surface area (Å²) in [5.74, 6) is -1.55. The molecule has 0 fully saturated rings. The van der Waals surface area contributed by atoms with Gasteiger partial charge in [-0.1, -0.05) is 6.92 Å². The second-order valence-electron chi connectivity index (χ2n) is 7.33. The van der Waals surface area contributed by atoms with Gasteiger partial charge in [-0.05, 0) is 19.4 Å². The standard InChI is InChI=1S/C22H21F2N5O2S/c1-3-5-19(32-30)31-18-11-14(10-16(23)20(18)24)29-9-6-17-15(13(29)2)12-27-22(28-17)21-25-7-4-8-26-21/h4,7-8,10-13H,3,5-6,9H2,1-2H3. The lowest BCUT2D eigenvalue weighted by molar-refractivity contribution is 0.444. The SMILES string of the molecule is CCCC(Oc1cc(N2CCc3nc(-c4ncccn4)ncc3C2C)cc(F)c1F)=S=O. The molecule has 7 nitrogen and oxygen atoms in total. The highest BCUT2D eigenvalue weighted by Crippen LogP contribution is 2.36. The minimum atomic E-state index is -1.11. The Hall–Kier alpha value is -3.27. The van der Waals surface area contributed by atoms with Gasteiger partial charge in [-0.15, -0.1) is 0 Å². The van der Waals surface area contributed by atoms with Crippen molar-refractivity contribution in [2.75, 3.05) is 11.4 Å². The van der Waals surface area contributed by atoms with Crippen LogP contribution in [0.15, 0.2) is 36.8 Å². The summed E-state index contributed by atoms with van der Waals surface area (Å²) in [5, 5.41) is 0.101. The molecule has 1 aliphatic heterocycles. The van der Waals surface area contributed by atoms with Crippen molar-refractivity contribution >= 4 is 22.0 Å². The van der Waals surface area contributed by atoms with Gasteiger partial charge in [0.25, 0.3) is 0 Å². The van der Waals surface area contributed by atoms with Crippen LogP contribution in [-0.4, -0.2) is 35.7 Å². The van der Waals surface area contributed by atoms with Crippen molar-refractivity contribution in [2.45, 2.75) is 39.2 Å². The molecular formula is C22H21F2N5O2S. The number of halogens is 2. The molecule has 1 atom stereocenters. The topological polar surface area (TPSA) is 81.1 Å². The number of ether oxygens (including phenoxy) is 1. The lowest BCUT2D eigenvalue weighted by Gasteiger charge is -2.36. The number of aromatic nitrogens is 4. The molecule has 2 aromatic heterocycles. The Morgan fingerprint density at radius 3 is 2.72 bits per heavy atom. The van der Waals surface area contributed by atoms with Gasteiger partial charge < -0.3 is 9.64 Å². The van der Waals surface area contributed by atoms with Crippen molar-refractivity contribution in [3.05, 3.63) is 59.7 Å². The van der Waals surface area contributed by atoms with E-state index >= 15 is 0 Å². The van der Waals surface area contributed by atoms with E-state index in [-0.39, 0.29) is 28.1 Å². The fraction of sp³-hybridized carbons (Fsp3) is 0.318. The van der Waals surface area contributed by atoms with Crippen LogP contribution in [0.2, 0.25) is 0 Å². The molecule has 166 valence electrons.